The quantitative estimate of drug-likeness (QED) is 0.371. The van der Waals surface area contributed by atoms with Crippen LogP contribution in [0.2, 0.25) is 0 Å². The zero-order chi connectivity index (χ0) is 12.0. The van der Waals surface area contributed by atoms with E-state index >= 15 is 0 Å². The van der Waals surface area contributed by atoms with Gasteiger partial charge in [0.15, 0.2) is 6.29 Å². The third-order valence-electron chi connectivity index (χ3n) is 1.87. The van der Waals surface area contributed by atoms with Crippen LogP contribution in [0.15, 0.2) is 24.3 Å². The fraction of sp³-hybridized carbons (Fsp3) is 0.100. The first-order valence-corrected chi connectivity index (χ1v) is 4.44. The van der Waals surface area contributed by atoms with Gasteiger partial charge < -0.3 is 5.32 Å². The molecule has 84 valence electrons. The largest absolute Gasteiger partial charge is 0.343 e. The highest BCUT2D eigenvalue weighted by Crippen LogP contribution is 2.05. The maximum absolute atomic E-state index is 11.5. The van der Waals surface area contributed by atoms with Crippen LogP contribution in [-0.2, 0) is 4.79 Å². The fourth-order valence-corrected chi connectivity index (χ4v) is 1.10. The van der Waals surface area contributed by atoms with Gasteiger partial charge in [0.05, 0.1) is 6.54 Å². The predicted molar refractivity (Wildman–Crippen MR) is 54.1 cm³/mol. The number of carbonyl (C=O) groups is 3. The summed E-state index contributed by atoms with van der Waals surface area (Å²) < 4.78 is 0. The molecule has 6 heteroatoms. The first-order valence-electron chi connectivity index (χ1n) is 4.44. The number of carbonyl (C=O) groups excluding carboxylic acids is 3. The molecular formula is C10H10N2O4. The second-order valence-electron chi connectivity index (χ2n) is 2.92. The van der Waals surface area contributed by atoms with E-state index in [1.165, 1.54) is 17.6 Å². The van der Waals surface area contributed by atoms with Gasteiger partial charge in [0.25, 0.3) is 11.8 Å². The maximum atomic E-state index is 11.5. The van der Waals surface area contributed by atoms with E-state index in [2.05, 4.69) is 5.32 Å². The summed E-state index contributed by atoms with van der Waals surface area (Å²) in [4.78, 5) is 32.8. The third kappa shape index (κ3) is 2.89. The molecule has 3 N–H and O–H groups in total. The molecule has 0 saturated heterocycles. The molecule has 0 saturated carbocycles. The summed E-state index contributed by atoms with van der Waals surface area (Å²) >= 11 is 0. The Kier molecular flexibility index (Phi) is 4.16. The number of amides is 2. The van der Waals surface area contributed by atoms with Crippen molar-refractivity contribution in [1.29, 1.82) is 0 Å². The van der Waals surface area contributed by atoms with Crippen molar-refractivity contribution in [1.82, 2.24) is 10.8 Å². The zero-order valence-corrected chi connectivity index (χ0v) is 8.27. The van der Waals surface area contributed by atoms with Gasteiger partial charge in [-0.3, -0.25) is 19.6 Å². The zero-order valence-electron chi connectivity index (χ0n) is 8.27. The van der Waals surface area contributed by atoms with Crippen LogP contribution >= 0.6 is 0 Å². The Balaban J connectivity index is 2.73. The molecule has 0 bridgehead atoms. The molecule has 0 unspecified atom stereocenters. The Morgan fingerprint density at radius 3 is 2.62 bits per heavy atom. The molecule has 0 heterocycles. The van der Waals surface area contributed by atoms with Crippen LogP contribution in [0.3, 0.4) is 0 Å². The SMILES string of the molecule is O=Cc1ccccc1C(=O)NCC(=O)NO. The normalized spacial score (nSPS) is 9.31. The molecule has 0 aliphatic heterocycles. The first-order chi connectivity index (χ1) is 7.69. The third-order valence-corrected chi connectivity index (χ3v) is 1.87. The number of hydrogen-bond donors (Lipinski definition) is 3. The highest BCUT2D eigenvalue weighted by Gasteiger charge is 2.10. The Hall–Kier alpha value is -2.21. The number of rotatable bonds is 4. The summed E-state index contributed by atoms with van der Waals surface area (Å²) in [6, 6.07) is 6.19. The molecule has 0 spiro atoms. The summed E-state index contributed by atoms with van der Waals surface area (Å²) in [5.74, 6) is -1.29. The van der Waals surface area contributed by atoms with Crippen molar-refractivity contribution in [2.45, 2.75) is 0 Å². The molecule has 1 aromatic carbocycles. The molecule has 16 heavy (non-hydrogen) atoms. The molecule has 0 radical (unpaired) electrons. The second kappa shape index (κ2) is 5.62. The van der Waals surface area contributed by atoms with Crippen LogP contribution in [0.5, 0.6) is 0 Å². The van der Waals surface area contributed by atoms with Crippen molar-refractivity contribution >= 4 is 18.1 Å². The lowest BCUT2D eigenvalue weighted by Gasteiger charge is -2.05. The molecule has 0 aromatic heterocycles. The Bertz CT molecular complexity index is 417. The Morgan fingerprint density at radius 2 is 2.00 bits per heavy atom. The standard InChI is InChI=1S/C10H10N2O4/c13-6-7-3-1-2-4-8(7)10(15)11-5-9(14)12-16/h1-4,6,16H,5H2,(H,11,15)(H,12,14). The lowest BCUT2D eigenvalue weighted by Crippen LogP contribution is -2.35. The Labute approximate surface area is 91.2 Å². The summed E-state index contributed by atoms with van der Waals surface area (Å²) in [6.07, 6.45) is 0.557. The van der Waals surface area contributed by atoms with E-state index in [-0.39, 0.29) is 17.7 Å². The van der Waals surface area contributed by atoms with Crippen molar-refractivity contribution in [3.63, 3.8) is 0 Å². The van der Waals surface area contributed by atoms with Crippen molar-refractivity contribution in [3.8, 4) is 0 Å². The van der Waals surface area contributed by atoms with Crippen molar-refractivity contribution in [2.75, 3.05) is 6.54 Å². The molecular weight excluding hydrogens is 212 g/mol. The Morgan fingerprint density at radius 1 is 1.31 bits per heavy atom. The second-order valence-corrected chi connectivity index (χ2v) is 2.92. The number of hydrogen-bond acceptors (Lipinski definition) is 4. The molecule has 0 atom stereocenters. The average Bonchev–Trinajstić information content (AvgIpc) is 2.35. The highest BCUT2D eigenvalue weighted by molar-refractivity contribution is 6.02. The average molecular weight is 222 g/mol. The summed E-state index contributed by atoms with van der Waals surface area (Å²) in [5, 5.41) is 10.5. The number of nitrogens with one attached hydrogen (secondary N) is 2. The van der Waals surface area contributed by atoms with E-state index in [1.54, 1.807) is 12.1 Å². The van der Waals surface area contributed by atoms with Crippen molar-refractivity contribution in [3.05, 3.63) is 35.4 Å². The molecule has 0 fully saturated rings. The summed E-state index contributed by atoms with van der Waals surface area (Å²) in [5.41, 5.74) is 1.80. The van der Waals surface area contributed by atoms with Crippen LogP contribution in [0.25, 0.3) is 0 Å². The van der Waals surface area contributed by atoms with Crippen LogP contribution < -0.4 is 10.8 Å². The monoisotopic (exact) mass is 222 g/mol. The summed E-state index contributed by atoms with van der Waals surface area (Å²) in [6.45, 7) is -0.359. The highest BCUT2D eigenvalue weighted by atomic mass is 16.5. The first kappa shape index (κ1) is 11.9. The minimum Gasteiger partial charge on any atom is -0.343 e. The molecule has 0 aliphatic carbocycles. The van der Waals surface area contributed by atoms with Crippen LogP contribution in [-0.4, -0.2) is 29.9 Å². The summed E-state index contributed by atoms with van der Waals surface area (Å²) in [7, 11) is 0. The van der Waals surface area contributed by atoms with Gasteiger partial charge in [-0.15, -0.1) is 0 Å². The maximum Gasteiger partial charge on any atom is 0.262 e. The van der Waals surface area contributed by atoms with Gasteiger partial charge in [-0.25, -0.2) is 5.48 Å². The number of hydroxylamine groups is 1. The molecule has 6 nitrogen and oxygen atoms in total. The predicted octanol–water partition coefficient (Wildman–Crippen LogP) is -0.266. The van der Waals surface area contributed by atoms with E-state index < -0.39 is 11.8 Å². The van der Waals surface area contributed by atoms with E-state index in [1.807, 2.05) is 0 Å². The van der Waals surface area contributed by atoms with E-state index in [9.17, 15) is 14.4 Å². The van der Waals surface area contributed by atoms with Gasteiger partial charge in [0.1, 0.15) is 0 Å². The smallest absolute Gasteiger partial charge is 0.262 e. The van der Waals surface area contributed by atoms with Gasteiger partial charge in [-0.05, 0) is 6.07 Å². The van der Waals surface area contributed by atoms with Crippen LogP contribution in [0.1, 0.15) is 20.7 Å². The number of aldehydes is 1. The molecule has 1 aromatic rings. The van der Waals surface area contributed by atoms with Gasteiger partial charge in [0, 0.05) is 11.1 Å². The minimum atomic E-state index is -0.739. The number of benzene rings is 1. The molecule has 1 rings (SSSR count). The molecule has 2 amide bonds. The van der Waals surface area contributed by atoms with E-state index in [0.29, 0.717) is 6.29 Å². The van der Waals surface area contributed by atoms with Gasteiger partial charge in [-0.1, -0.05) is 18.2 Å². The van der Waals surface area contributed by atoms with Gasteiger partial charge in [0.2, 0.25) is 0 Å². The lowest BCUT2D eigenvalue weighted by atomic mass is 10.1. The van der Waals surface area contributed by atoms with E-state index in [0.717, 1.165) is 0 Å². The molecule has 0 aliphatic rings. The van der Waals surface area contributed by atoms with Crippen molar-refractivity contribution in [2.24, 2.45) is 0 Å². The van der Waals surface area contributed by atoms with Gasteiger partial charge >= 0.3 is 0 Å². The topological polar surface area (TPSA) is 95.5 Å². The van der Waals surface area contributed by atoms with Gasteiger partial charge in [-0.2, -0.15) is 0 Å². The lowest BCUT2D eigenvalue weighted by molar-refractivity contribution is -0.128. The van der Waals surface area contributed by atoms with Crippen LogP contribution in [0.4, 0.5) is 0 Å². The van der Waals surface area contributed by atoms with Crippen molar-refractivity contribution < 1.29 is 19.6 Å². The minimum absolute atomic E-state index is 0.184. The van der Waals surface area contributed by atoms with E-state index in [4.69, 9.17) is 5.21 Å². The van der Waals surface area contributed by atoms with Crippen LogP contribution in [0, 0.1) is 0 Å². The fourth-order valence-electron chi connectivity index (χ4n) is 1.10.